The highest BCUT2D eigenvalue weighted by atomic mass is 32.2. The molecule has 4 nitrogen and oxygen atoms in total. The molecule has 2 heterocycles. The van der Waals surface area contributed by atoms with Crippen molar-refractivity contribution in [1.82, 2.24) is 4.98 Å². The van der Waals surface area contributed by atoms with Crippen molar-refractivity contribution in [1.29, 1.82) is 0 Å². The maximum Gasteiger partial charge on any atom is 0.153 e. The highest BCUT2D eigenvalue weighted by molar-refractivity contribution is 7.91. The van der Waals surface area contributed by atoms with Crippen molar-refractivity contribution in [3.8, 4) is 0 Å². The minimum Gasteiger partial charge on any atom is -0.384 e. The highest BCUT2D eigenvalue weighted by Crippen LogP contribution is 2.32. The van der Waals surface area contributed by atoms with Gasteiger partial charge in [-0.05, 0) is 12.5 Å². The van der Waals surface area contributed by atoms with Crippen LogP contribution >= 0.6 is 0 Å². The molecule has 1 atom stereocenters. The molecular formula is C9H11NO3S. The summed E-state index contributed by atoms with van der Waals surface area (Å²) in [4.78, 5) is 3.87. The minimum atomic E-state index is -3.08. The first-order chi connectivity index (χ1) is 6.52. The normalized spacial score (nSPS) is 30.4. The van der Waals surface area contributed by atoms with Gasteiger partial charge in [0, 0.05) is 18.0 Å². The molecule has 76 valence electrons. The summed E-state index contributed by atoms with van der Waals surface area (Å²) < 4.78 is 22.5. The third-order valence-electron chi connectivity index (χ3n) is 2.48. The van der Waals surface area contributed by atoms with Crippen LogP contribution in [0.3, 0.4) is 0 Å². The molecular weight excluding hydrogens is 202 g/mol. The molecule has 0 amide bonds. The Morgan fingerprint density at radius 1 is 1.50 bits per heavy atom. The van der Waals surface area contributed by atoms with Gasteiger partial charge in [0.2, 0.25) is 0 Å². The Morgan fingerprint density at radius 3 is 2.79 bits per heavy atom. The van der Waals surface area contributed by atoms with Crippen LogP contribution in [-0.2, 0) is 15.4 Å². The van der Waals surface area contributed by atoms with Gasteiger partial charge >= 0.3 is 0 Å². The maximum atomic E-state index is 11.2. The van der Waals surface area contributed by atoms with E-state index in [4.69, 9.17) is 0 Å². The summed E-state index contributed by atoms with van der Waals surface area (Å²) >= 11 is 0. The van der Waals surface area contributed by atoms with Gasteiger partial charge in [0.1, 0.15) is 5.60 Å². The Labute approximate surface area is 82.5 Å². The highest BCUT2D eigenvalue weighted by Gasteiger charge is 2.41. The van der Waals surface area contributed by atoms with E-state index in [-0.39, 0.29) is 17.9 Å². The van der Waals surface area contributed by atoms with E-state index in [1.807, 2.05) is 0 Å². The van der Waals surface area contributed by atoms with E-state index >= 15 is 0 Å². The lowest BCUT2D eigenvalue weighted by molar-refractivity contribution is 0.0649. The van der Waals surface area contributed by atoms with E-state index < -0.39 is 15.4 Å². The number of hydrogen-bond donors (Lipinski definition) is 1. The molecule has 1 aliphatic rings. The monoisotopic (exact) mass is 213 g/mol. The molecule has 0 spiro atoms. The number of sulfone groups is 1. The van der Waals surface area contributed by atoms with Gasteiger partial charge in [0.15, 0.2) is 9.84 Å². The van der Waals surface area contributed by atoms with Crippen molar-refractivity contribution in [3.63, 3.8) is 0 Å². The molecule has 1 unspecified atom stereocenters. The van der Waals surface area contributed by atoms with Gasteiger partial charge in [-0.15, -0.1) is 0 Å². The quantitative estimate of drug-likeness (QED) is 0.717. The van der Waals surface area contributed by atoms with E-state index in [2.05, 4.69) is 4.98 Å². The smallest absolute Gasteiger partial charge is 0.153 e. The van der Waals surface area contributed by atoms with E-state index in [1.54, 1.807) is 18.3 Å². The topological polar surface area (TPSA) is 67.3 Å². The lowest BCUT2D eigenvalue weighted by Gasteiger charge is -2.20. The molecule has 5 heteroatoms. The molecule has 0 aromatic carbocycles. The molecule has 0 saturated carbocycles. The van der Waals surface area contributed by atoms with E-state index in [9.17, 15) is 13.5 Å². The van der Waals surface area contributed by atoms with Crippen LogP contribution in [0.1, 0.15) is 12.0 Å². The second kappa shape index (κ2) is 3.03. The van der Waals surface area contributed by atoms with Crippen molar-refractivity contribution >= 4 is 9.84 Å². The lowest BCUT2D eigenvalue weighted by atomic mass is 9.95. The van der Waals surface area contributed by atoms with Gasteiger partial charge in [-0.25, -0.2) is 8.42 Å². The summed E-state index contributed by atoms with van der Waals surface area (Å²) in [5.74, 6) is -0.135. The van der Waals surface area contributed by atoms with Crippen LogP contribution in [0.5, 0.6) is 0 Å². The van der Waals surface area contributed by atoms with Crippen molar-refractivity contribution in [3.05, 3.63) is 30.1 Å². The van der Waals surface area contributed by atoms with Crippen molar-refractivity contribution < 1.29 is 13.5 Å². The molecule has 1 aliphatic heterocycles. The third kappa shape index (κ3) is 1.65. The first kappa shape index (κ1) is 9.61. The molecule has 1 fully saturated rings. The largest absolute Gasteiger partial charge is 0.384 e. The summed E-state index contributed by atoms with van der Waals surface area (Å²) in [6, 6.07) is 3.39. The fourth-order valence-electron chi connectivity index (χ4n) is 1.70. The number of aromatic nitrogens is 1. The van der Waals surface area contributed by atoms with Gasteiger partial charge in [-0.2, -0.15) is 0 Å². The SMILES string of the molecule is O=S1(=O)CCC(O)(c2cccnc2)C1. The zero-order valence-corrected chi connectivity index (χ0v) is 8.37. The predicted octanol–water partition coefficient (Wildman–Crippen LogP) is 0.0877. The van der Waals surface area contributed by atoms with Crippen LogP contribution in [0.25, 0.3) is 0 Å². The summed E-state index contributed by atoms with van der Waals surface area (Å²) in [6.07, 6.45) is 3.37. The molecule has 14 heavy (non-hydrogen) atoms. The van der Waals surface area contributed by atoms with Gasteiger partial charge in [0.05, 0.1) is 11.5 Å². The molecule has 1 saturated heterocycles. The summed E-state index contributed by atoms with van der Waals surface area (Å²) in [5, 5.41) is 10.1. The molecule has 1 aromatic heterocycles. The van der Waals surface area contributed by atoms with E-state index in [0.717, 1.165) is 0 Å². The zero-order valence-electron chi connectivity index (χ0n) is 7.55. The molecule has 0 aliphatic carbocycles. The van der Waals surface area contributed by atoms with Crippen LogP contribution < -0.4 is 0 Å². The molecule has 0 bridgehead atoms. The van der Waals surface area contributed by atoms with Gasteiger partial charge < -0.3 is 5.11 Å². The van der Waals surface area contributed by atoms with Gasteiger partial charge in [-0.1, -0.05) is 6.07 Å². The minimum absolute atomic E-state index is 0.0540. The molecule has 0 radical (unpaired) electrons. The summed E-state index contributed by atoms with van der Waals surface area (Å²) in [5.41, 5.74) is -0.645. The number of pyridine rings is 1. The second-order valence-electron chi connectivity index (χ2n) is 3.62. The fourth-order valence-corrected chi connectivity index (χ4v) is 3.53. The predicted molar refractivity (Wildman–Crippen MR) is 51.4 cm³/mol. The Morgan fingerprint density at radius 2 is 2.29 bits per heavy atom. The van der Waals surface area contributed by atoms with Gasteiger partial charge in [-0.3, -0.25) is 4.98 Å². The fraction of sp³-hybridized carbons (Fsp3) is 0.444. The summed E-state index contributed by atoms with van der Waals surface area (Å²) in [6.45, 7) is 0. The van der Waals surface area contributed by atoms with Crippen LogP contribution in [0, 0.1) is 0 Å². The summed E-state index contributed by atoms with van der Waals surface area (Å²) in [7, 11) is -3.08. The van der Waals surface area contributed by atoms with Crippen molar-refractivity contribution in [2.45, 2.75) is 12.0 Å². The van der Waals surface area contributed by atoms with Crippen molar-refractivity contribution in [2.24, 2.45) is 0 Å². The molecule has 1 N–H and O–H groups in total. The maximum absolute atomic E-state index is 11.2. The number of rotatable bonds is 1. The Bertz CT molecular complexity index is 429. The number of nitrogens with zero attached hydrogens (tertiary/aromatic N) is 1. The Balaban J connectivity index is 2.37. The third-order valence-corrected chi connectivity index (χ3v) is 4.23. The average Bonchev–Trinajstić information content (AvgIpc) is 2.44. The van der Waals surface area contributed by atoms with Gasteiger partial charge in [0.25, 0.3) is 0 Å². The average molecular weight is 213 g/mol. The first-order valence-corrected chi connectivity index (χ1v) is 6.17. The first-order valence-electron chi connectivity index (χ1n) is 4.35. The Kier molecular flexibility index (Phi) is 2.08. The van der Waals surface area contributed by atoms with Crippen molar-refractivity contribution in [2.75, 3.05) is 11.5 Å². The van der Waals surface area contributed by atoms with Crippen LogP contribution in [-0.4, -0.2) is 30.0 Å². The molecule has 2 rings (SSSR count). The zero-order chi connectivity index (χ0) is 10.2. The number of aliphatic hydroxyl groups is 1. The van der Waals surface area contributed by atoms with E-state index in [0.29, 0.717) is 5.56 Å². The second-order valence-corrected chi connectivity index (χ2v) is 5.80. The van der Waals surface area contributed by atoms with Crippen LogP contribution in [0.4, 0.5) is 0 Å². The standard InChI is InChI=1S/C9H11NO3S/c11-9(3-5-14(12,13)7-9)8-2-1-4-10-6-8/h1-2,4,6,11H,3,5,7H2. The van der Waals surface area contributed by atoms with Crippen LogP contribution in [0.15, 0.2) is 24.5 Å². The van der Waals surface area contributed by atoms with Crippen LogP contribution in [0.2, 0.25) is 0 Å². The number of hydrogen-bond acceptors (Lipinski definition) is 4. The lowest BCUT2D eigenvalue weighted by Crippen LogP contribution is -2.26. The Hall–Kier alpha value is -0.940. The van der Waals surface area contributed by atoms with E-state index in [1.165, 1.54) is 6.20 Å². The molecule has 1 aromatic rings.